The second-order valence-corrected chi connectivity index (χ2v) is 6.35. The average Bonchev–Trinajstić information content (AvgIpc) is 3.11. The molecule has 1 heterocycles. The lowest BCUT2D eigenvalue weighted by atomic mass is 10.1. The molecule has 0 saturated carbocycles. The summed E-state index contributed by atoms with van der Waals surface area (Å²) < 4.78 is 5.60. The van der Waals surface area contributed by atoms with Crippen LogP contribution in [0.3, 0.4) is 0 Å². The molecule has 0 aliphatic heterocycles. The molecule has 1 N–H and O–H groups in total. The number of methoxy groups -OCH3 is 1. The molecule has 1 aromatic heterocycles. The number of hydrogen-bond acceptors (Lipinski definition) is 3. The van der Waals surface area contributed by atoms with E-state index in [1.807, 2.05) is 25.2 Å². The Bertz CT molecular complexity index is 590. The van der Waals surface area contributed by atoms with Crippen LogP contribution in [0.2, 0.25) is 0 Å². The fourth-order valence-corrected chi connectivity index (χ4v) is 3.11. The van der Waals surface area contributed by atoms with Crippen LogP contribution < -0.4 is 5.32 Å². The van der Waals surface area contributed by atoms with Crippen molar-refractivity contribution in [3.8, 4) is 0 Å². The Hall–Kier alpha value is -1.12. The van der Waals surface area contributed by atoms with Crippen molar-refractivity contribution < 1.29 is 4.74 Å². The first kappa shape index (κ1) is 20.9. The number of ether oxygens (including phenoxy) is 1. The van der Waals surface area contributed by atoms with Crippen molar-refractivity contribution in [2.45, 2.75) is 12.5 Å². The van der Waals surface area contributed by atoms with Gasteiger partial charge in [0.05, 0.1) is 6.10 Å². The predicted molar refractivity (Wildman–Crippen MR) is 114 cm³/mol. The summed E-state index contributed by atoms with van der Waals surface area (Å²) in [5.74, 6) is 0.888. The van der Waals surface area contributed by atoms with Gasteiger partial charge < -0.3 is 15.0 Å². The summed E-state index contributed by atoms with van der Waals surface area (Å²) in [7, 11) is 5.62. The van der Waals surface area contributed by atoms with Gasteiger partial charge in [-0.1, -0.05) is 36.4 Å². The zero-order valence-electron chi connectivity index (χ0n) is 14.4. The summed E-state index contributed by atoms with van der Waals surface area (Å²) in [5.41, 5.74) is 1.17. The topological polar surface area (TPSA) is 36.9 Å². The van der Waals surface area contributed by atoms with E-state index in [0.717, 1.165) is 18.9 Å². The molecule has 0 aliphatic carbocycles. The Morgan fingerprint density at radius 1 is 1.25 bits per heavy atom. The maximum absolute atomic E-state index is 5.60. The van der Waals surface area contributed by atoms with Crippen LogP contribution in [-0.4, -0.2) is 45.2 Å². The monoisotopic (exact) mass is 459 g/mol. The molecule has 0 saturated heterocycles. The number of rotatable bonds is 7. The third-order valence-electron chi connectivity index (χ3n) is 3.75. The summed E-state index contributed by atoms with van der Waals surface area (Å²) >= 11 is 1.80. The second-order valence-electron chi connectivity index (χ2n) is 5.31. The fraction of sp³-hybridized carbons (Fsp3) is 0.389. The summed E-state index contributed by atoms with van der Waals surface area (Å²) in [5, 5.41) is 5.52. The third-order valence-corrected chi connectivity index (χ3v) is 4.68. The van der Waals surface area contributed by atoms with Crippen LogP contribution in [0.15, 0.2) is 52.8 Å². The number of nitrogens with one attached hydrogen (secondary N) is 1. The van der Waals surface area contributed by atoms with Gasteiger partial charge >= 0.3 is 0 Å². The standard InChI is InChI=1S/C18H25N3OS.HI/c1-19-18(21(2)12-11-16-10-7-13-23-16)20-14-17(22-3)15-8-5-4-6-9-15;/h4-10,13,17H,11-12,14H2,1-3H3,(H,19,20);1H. The summed E-state index contributed by atoms with van der Waals surface area (Å²) in [6.45, 7) is 1.62. The van der Waals surface area contributed by atoms with Crippen molar-refractivity contribution in [3.63, 3.8) is 0 Å². The smallest absolute Gasteiger partial charge is 0.193 e. The fourth-order valence-electron chi connectivity index (χ4n) is 2.41. The molecule has 0 bridgehead atoms. The van der Waals surface area contributed by atoms with Crippen LogP contribution in [0.5, 0.6) is 0 Å². The largest absolute Gasteiger partial charge is 0.375 e. The molecule has 0 aliphatic rings. The van der Waals surface area contributed by atoms with Crippen molar-refractivity contribution in [1.82, 2.24) is 10.2 Å². The molecule has 0 radical (unpaired) electrons. The van der Waals surface area contributed by atoms with Crippen molar-refractivity contribution in [1.29, 1.82) is 0 Å². The first-order chi connectivity index (χ1) is 11.2. The Kier molecular flexibility index (Phi) is 9.97. The number of nitrogens with zero attached hydrogens (tertiary/aromatic N) is 2. The minimum absolute atomic E-state index is 0. The molecular formula is C18H26IN3OS. The van der Waals surface area contributed by atoms with Crippen LogP contribution in [0.1, 0.15) is 16.5 Å². The Morgan fingerprint density at radius 3 is 2.58 bits per heavy atom. The van der Waals surface area contributed by atoms with Gasteiger partial charge in [0.15, 0.2) is 5.96 Å². The zero-order chi connectivity index (χ0) is 16.5. The van der Waals surface area contributed by atoms with Gasteiger partial charge in [0, 0.05) is 39.2 Å². The lowest BCUT2D eigenvalue weighted by molar-refractivity contribution is 0.106. The van der Waals surface area contributed by atoms with Crippen LogP contribution in [0, 0.1) is 0 Å². The number of guanidine groups is 1. The van der Waals surface area contributed by atoms with Crippen molar-refractivity contribution >= 4 is 41.3 Å². The molecular weight excluding hydrogens is 433 g/mol. The molecule has 2 aromatic rings. The molecule has 1 aromatic carbocycles. The van der Waals surface area contributed by atoms with E-state index in [-0.39, 0.29) is 30.1 Å². The third kappa shape index (κ3) is 6.41. The molecule has 1 unspecified atom stereocenters. The minimum atomic E-state index is 0. The number of likely N-dealkylation sites (N-methyl/N-ethyl adjacent to an activating group) is 1. The molecule has 2 rings (SSSR count). The van der Waals surface area contributed by atoms with Crippen LogP contribution in [0.4, 0.5) is 0 Å². The maximum atomic E-state index is 5.60. The van der Waals surface area contributed by atoms with Gasteiger partial charge in [-0.3, -0.25) is 4.99 Å². The second kappa shape index (κ2) is 11.4. The number of benzene rings is 1. The van der Waals surface area contributed by atoms with Crippen LogP contribution >= 0.6 is 35.3 Å². The van der Waals surface area contributed by atoms with Crippen molar-refractivity contribution in [2.75, 3.05) is 34.3 Å². The van der Waals surface area contributed by atoms with Crippen molar-refractivity contribution in [2.24, 2.45) is 4.99 Å². The van der Waals surface area contributed by atoms with E-state index in [2.05, 4.69) is 51.9 Å². The van der Waals surface area contributed by atoms with Gasteiger partial charge in [0.25, 0.3) is 0 Å². The maximum Gasteiger partial charge on any atom is 0.193 e. The van der Waals surface area contributed by atoms with Gasteiger partial charge in [0.2, 0.25) is 0 Å². The van der Waals surface area contributed by atoms with E-state index < -0.39 is 0 Å². The van der Waals surface area contributed by atoms with Crippen molar-refractivity contribution in [3.05, 3.63) is 58.3 Å². The lowest BCUT2D eigenvalue weighted by Crippen LogP contribution is -2.41. The zero-order valence-corrected chi connectivity index (χ0v) is 17.6. The lowest BCUT2D eigenvalue weighted by Gasteiger charge is -2.24. The van der Waals surface area contributed by atoms with Crippen LogP contribution in [0.25, 0.3) is 0 Å². The SMILES string of the molecule is CN=C(NCC(OC)c1ccccc1)N(C)CCc1cccs1.I. The summed E-state index contributed by atoms with van der Waals surface area (Å²) in [4.78, 5) is 7.91. The van der Waals surface area contributed by atoms with Gasteiger partial charge in [-0.2, -0.15) is 0 Å². The van der Waals surface area contributed by atoms with Gasteiger partial charge in [-0.15, -0.1) is 35.3 Å². The number of aliphatic imine (C=N–C) groups is 1. The molecule has 24 heavy (non-hydrogen) atoms. The van der Waals surface area contributed by atoms with Gasteiger partial charge in [-0.05, 0) is 23.4 Å². The van der Waals surface area contributed by atoms with Crippen LogP contribution in [-0.2, 0) is 11.2 Å². The molecule has 0 amide bonds. The van der Waals surface area contributed by atoms with E-state index in [1.165, 1.54) is 10.4 Å². The highest BCUT2D eigenvalue weighted by Crippen LogP contribution is 2.15. The quantitative estimate of drug-likeness (QED) is 0.389. The van der Waals surface area contributed by atoms with E-state index in [0.29, 0.717) is 6.54 Å². The van der Waals surface area contributed by atoms with Gasteiger partial charge in [0.1, 0.15) is 0 Å². The van der Waals surface area contributed by atoms with E-state index in [1.54, 1.807) is 18.4 Å². The van der Waals surface area contributed by atoms with E-state index in [4.69, 9.17) is 4.74 Å². The Labute approximate surface area is 166 Å². The number of hydrogen-bond donors (Lipinski definition) is 1. The predicted octanol–water partition coefficient (Wildman–Crippen LogP) is 3.80. The minimum Gasteiger partial charge on any atom is -0.375 e. The Morgan fingerprint density at radius 2 is 2.00 bits per heavy atom. The van der Waals surface area contributed by atoms with E-state index >= 15 is 0 Å². The Balaban J connectivity index is 0.00000288. The summed E-state index contributed by atoms with van der Waals surface area (Å²) in [6.07, 6.45) is 1.04. The molecule has 4 nitrogen and oxygen atoms in total. The molecule has 6 heteroatoms. The highest BCUT2D eigenvalue weighted by Gasteiger charge is 2.12. The first-order valence-electron chi connectivity index (χ1n) is 7.76. The van der Waals surface area contributed by atoms with Gasteiger partial charge in [-0.25, -0.2) is 0 Å². The molecule has 0 fully saturated rings. The average molecular weight is 459 g/mol. The summed E-state index contributed by atoms with van der Waals surface area (Å²) in [6, 6.07) is 14.5. The highest BCUT2D eigenvalue weighted by atomic mass is 127. The normalized spacial score (nSPS) is 12.4. The number of halogens is 1. The highest BCUT2D eigenvalue weighted by molar-refractivity contribution is 14.0. The molecule has 132 valence electrons. The first-order valence-corrected chi connectivity index (χ1v) is 8.64. The number of thiophene rings is 1. The molecule has 1 atom stereocenters. The molecule has 0 spiro atoms. The van der Waals surface area contributed by atoms with E-state index in [9.17, 15) is 0 Å².